The van der Waals surface area contributed by atoms with Crippen molar-refractivity contribution in [2.24, 2.45) is 0 Å². The first-order valence-electron chi connectivity index (χ1n) is 8.07. The van der Waals surface area contributed by atoms with Crippen LogP contribution < -0.4 is 15.4 Å². The first kappa shape index (κ1) is 18.5. The van der Waals surface area contributed by atoms with Crippen molar-refractivity contribution in [3.8, 4) is 5.75 Å². The number of methoxy groups -OCH3 is 1. The summed E-state index contributed by atoms with van der Waals surface area (Å²) in [7, 11) is 1.56. The predicted octanol–water partition coefficient (Wildman–Crippen LogP) is 2.47. The lowest BCUT2D eigenvalue weighted by atomic mass is 10.2. The van der Waals surface area contributed by atoms with Crippen LogP contribution in [0.1, 0.15) is 21.7 Å². The van der Waals surface area contributed by atoms with Crippen LogP contribution in [0, 0.1) is 0 Å². The standard InChI is InChI=1S/C18H17ClN6O2/c1-27-15-4-3-12(7-14(15)19)8-23-17-13(9-20-11-25-17)18(26)24-10-16-21-5-2-6-22-16/h2-7,9,11H,8,10H2,1H3,(H,24,26)(H,20,23,25). The fourth-order valence-electron chi connectivity index (χ4n) is 2.32. The van der Waals surface area contributed by atoms with Gasteiger partial charge in [-0.3, -0.25) is 4.79 Å². The zero-order chi connectivity index (χ0) is 19.1. The van der Waals surface area contributed by atoms with Crippen molar-refractivity contribution in [1.29, 1.82) is 0 Å². The topological polar surface area (TPSA) is 102 Å². The van der Waals surface area contributed by atoms with Crippen LogP contribution in [0.2, 0.25) is 5.02 Å². The zero-order valence-corrected chi connectivity index (χ0v) is 15.3. The molecule has 2 aromatic heterocycles. The van der Waals surface area contributed by atoms with Crippen molar-refractivity contribution in [2.45, 2.75) is 13.1 Å². The molecule has 3 rings (SSSR count). The Kier molecular flexibility index (Phi) is 6.11. The maximum absolute atomic E-state index is 12.5. The minimum Gasteiger partial charge on any atom is -0.495 e. The minimum absolute atomic E-state index is 0.210. The molecule has 0 fully saturated rings. The zero-order valence-electron chi connectivity index (χ0n) is 14.5. The fraction of sp³-hybridized carbons (Fsp3) is 0.167. The Hall–Kier alpha value is -3.26. The molecular formula is C18H17ClN6O2. The van der Waals surface area contributed by atoms with Gasteiger partial charge in [-0.25, -0.2) is 19.9 Å². The summed E-state index contributed by atoms with van der Waals surface area (Å²) in [5, 5.41) is 6.40. The Morgan fingerprint density at radius 2 is 2.00 bits per heavy atom. The van der Waals surface area contributed by atoms with Gasteiger partial charge in [0.05, 0.1) is 18.7 Å². The number of nitrogens with one attached hydrogen (secondary N) is 2. The molecule has 0 aliphatic heterocycles. The van der Waals surface area contributed by atoms with Crippen molar-refractivity contribution in [3.05, 3.63) is 71.2 Å². The number of amides is 1. The van der Waals surface area contributed by atoms with Gasteiger partial charge in [0.2, 0.25) is 0 Å². The molecule has 0 saturated carbocycles. The van der Waals surface area contributed by atoms with Gasteiger partial charge in [0, 0.05) is 25.1 Å². The van der Waals surface area contributed by atoms with Gasteiger partial charge in [-0.05, 0) is 23.8 Å². The van der Waals surface area contributed by atoms with Gasteiger partial charge >= 0.3 is 0 Å². The lowest BCUT2D eigenvalue weighted by molar-refractivity contribution is 0.0950. The molecule has 27 heavy (non-hydrogen) atoms. The van der Waals surface area contributed by atoms with Gasteiger partial charge in [0.25, 0.3) is 5.91 Å². The van der Waals surface area contributed by atoms with E-state index in [-0.39, 0.29) is 12.5 Å². The van der Waals surface area contributed by atoms with Crippen molar-refractivity contribution in [1.82, 2.24) is 25.3 Å². The Bertz CT molecular complexity index is 923. The highest BCUT2D eigenvalue weighted by Gasteiger charge is 2.13. The number of ether oxygens (including phenoxy) is 1. The molecule has 0 radical (unpaired) electrons. The summed E-state index contributed by atoms with van der Waals surface area (Å²) in [6, 6.07) is 7.17. The highest BCUT2D eigenvalue weighted by Crippen LogP contribution is 2.25. The van der Waals surface area contributed by atoms with Gasteiger partial charge in [-0.15, -0.1) is 0 Å². The molecule has 2 heterocycles. The van der Waals surface area contributed by atoms with Crippen LogP contribution in [0.15, 0.2) is 49.2 Å². The SMILES string of the molecule is COc1ccc(CNc2ncncc2C(=O)NCc2ncccn2)cc1Cl. The summed E-state index contributed by atoms with van der Waals surface area (Å²) in [4.78, 5) is 28.7. The molecule has 0 spiro atoms. The van der Waals surface area contributed by atoms with Crippen LogP contribution >= 0.6 is 11.6 Å². The van der Waals surface area contributed by atoms with Gasteiger partial charge in [0.1, 0.15) is 29.3 Å². The van der Waals surface area contributed by atoms with E-state index in [0.29, 0.717) is 34.5 Å². The predicted molar refractivity (Wildman–Crippen MR) is 101 cm³/mol. The lowest BCUT2D eigenvalue weighted by Gasteiger charge is -2.11. The van der Waals surface area contributed by atoms with E-state index in [1.54, 1.807) is 37.7 Å². The second kappa shape index (κ2) is 8.91. The molecule has 0 aliphatic carbocycles. The summed E-state index contributed by atoms with van der Waals surface area (Å²) in [5.41, 5.74) is 1.25. The van der Waals surface area contributed by atoms with E-state index in [0.717, 1.165) is 5.56 Å². The Labute approximate surface area is 161 Å². The number of anilines is 1. The number of benzene rings is 1. The van der Waals surface area contributed by atoms with E-state index in [9.17, 15) is 4.79 Å². The van der Waals surface area contributed by atoms with Crippen molar-refractivity contribution >= 4 is 23.3 Å². The number of aromatic nitrogens is 4. The number of rotatable bonds is 7. The van der Waals surface area contributed by atoms with Crippen LogP contribution in [0.4, 0.5) is 5.82 Å². The minimum atomic E-state index is -0.321. The Morgan fingerprint density at radius 3 is 2.74 bits per heavy atom. The molecule has 0 atom stereocenters. The normalized spacial score (nSPS) is 10.3. The average molecular weight is 385 g/mol. The third kappa shape index (κ3) is 4.89. The van der Waals surface area contributed by atoms with Crippen LogP contribution in [0.5, 0.6) is 5.75 Å². The molecule has 0 unspecified atom stereocenters. The van der Waals surface area contributed by atoms with Gasteiger partial charge < -0.3 is 15.4 Å². The quantitative estimate of drug-likeness (QED) is 0.645. The van der Waals surface area contributed by atoms with Crippen molar-refractivity contribution in [3.63, 3.8) is 0 Å². The molecule has 1 amide bonds. The van der Waals surface area contributed by atoms with Crippen molar-refractivity contribution < 1.29 is 9.53 Å². The first-order valence-corrected chi connectivity index (χ1v) is 8.45. The first-order chi connectivity index (χ1) is 13.2. The van der Waals surface area contributed by atoms with Crippen LogP contribution in [0.3, 0.4) is 0 Å². The number of nitrogens with zero attached hydrogens (tertiary/aromatic N) is 4. The van der Waals surface area contributed by atoms with E-state index in [1.807, 2.05) is 6.07 Å². The van der Waals surface area contributed by atoms with Crippen LogP contribution in [-0.2, 0) is 13.1 Å². The highest BCUT2D eigenvalue weighted by atomic mass is 35.5. The van der Waals surface area contributed by atoms with E-state index < -0.39 is 0 Å². The van der Waals surface area contributed by atoms with Gasteiger partial charge in [0.15, 0.2) is 0 Å². The molecule has 1 aromatic carbocycles. The molecule has 9 heteroatoms. The van der Waals surface area contributed by atoms with E-state index in [4.69, 9.17) is 16.3 Å². The van der Waals surface area contributed by atoms with E-state index in [1.165, 1.54) is 12.5 Å². The number of hydrogen-bond acceptors (Lipinski definition) is 7. The molecule has 0 bridgehead atoms. The van der Waals surface area contributed by atoms with Crippen molar-refractivity contribution in [2.75, 3.05) is 12.4 Å². The number of carbonyl (C=O) groups excluding carboxylic acids is 1. The third-order valence-electron chi connectivity index (χ3n) is 3.66. The highest BCUT2D eigenvalue weighted by molar-refractivity contribution is 6.32. The monoisotopic (exact) mass is 384 g/mol. The molecular weight excluding hydrogens is 368 g/mol. The fourth-order valence-corrected chi connectivity index (χ4v) is 2.60. The largest absolute Gasteiger partial charge is 0.495 e. The van der Waals surface area contributed by atoms with E-state index in [2.05, 4.69) is 30.6 Å². The molecule has 0 aliphatic rings. The summed E-state index contributed by atoms with van der Waals surface area (Å²) >= 11 is 6.14. The molecule has 8 nitrogen and oxygen atoms in total. The molecule has 138 valence electrons. The number of carbonyl (C=O) groups is 1. The summed E-state index contributed by atoms with van der Waals surface area (Å²) in [5.74, 6) is 1.22. The molecule has 0 saturated heterocycles. The third-order valence-corrected chi connectivity index (χ3v) is 3.95. The van der Waals surface area contributed by atoms with Crippen LogP contribution in [0.25, 0.3) is 0 Å². The van der Waals surface area contributed by atoms with Gasteiger partial charge in [-0.1, -0.05) is 17.7 Å². The smallest absolute Gasteiger partial charge is 0.256 e. The molecule has 2 N–H and O–H groups in total. The Balaban J connectivity index is 1.66. The van der Waals surface area contributed by atoms with Gasteiger partial charge in [-0.2, -0.15) is 0 Å². The summed E-state index contributed by atoms with van der Waals surface area (Å²) in [6.45, 7) is 0.644. The second-order valence-corrected chi connectivity index (χ2v) is 5.86. The Morgan fingerprint density at radius 1 is 1.19 bits per heavy atom. The maximum atomic E-state index is 12.5. The number of halogens is 1. The average Bonchev–Trinajstić information content (AvgIpc) is 2.71. The number of hydrogen-bond donors (Lipinski definition) is 2. The lowest BCUT2D eigenvalue weighted by Crippen LogP contribution is -2.25. The summed E-state index contributed by atoms with van der Waals surface area (Å²) < 4.78 is 5.14. The second-order valence-electron chi connectivity index (χ2n) is 5.46. The summed E-state index contributed by atoms with van der Waals surface area (Å²) in [6.07, 6.45) is 6.07. The van der Waals surface area contributed by atoms with E-state index >= 15 is 0 Å². The molecule has 3 aromatic rings. The van der Waals surface area contributed by atoms with Crippen LogP contribution in [-0.4, -0.2) is 33.0 Å². The maximum Gasteiger partial charge on any atom is 0.256 e.